The molecule has 0 aliphatic heterocycles. The Bertz CT molecular complexity index is 582. The monoisotopic (exact) mass is 282 g/mol. The molecule has 0 radical (unpaired) electrons. The Morgan fingerprint density at radius 2 is 1.78 bits per heavy atom. The molecular weight excluding hydrogens is 275 g/mol. The number of hydrogen-bond donors (Lipinski definition) is 2. The van der Waals surface area contributed by atoms with Crippen LogP contribution in [-0.4, -0.2) is 16.0 Å². The second kappa shape index (κ2) is 5.25. The summed E-state index contributed by atoms with van der Waals surface area (Å²) in [6.07, 6.45) is 2.59. The van der Waals surface area contributed by atoms with Gasteiger partial charge in [-0.2, -0.15) is 0 Å². The predicted molar refractivity (Wildman–Crippen MR) is 70.3 cm³/mol. The van der Waals surface area contributed by atoms with Crippen LogP contribution in [0.5, 0.6) is 5.75 Å². The van der Waals surface area contributed by atoms with Gasteiger partial charge >= 0.3 is 0 Å². The second-order valence-electron chi connectivity index (χ2n) is 3.54. The van der Waals surface area contributed by atoms with Crippen molar-refractivity contribution in [3.8, 4) is 5.75 Å². The van der Waals surface area contributed by atoms with E-state index in [1.54, 1.807) is 18.2 Å². The zero-order valence-electron chi connectivity index (χ0n) is 9.02. The number of hydrogen-bond acceptors (Lipinski definition) is 3. The normalized spacial score (nSPS) is 10.1. The van der Waals surface area contributed by atoms with Crippen LogP contribution in [0.3, 0.4) is 0 Å². The van der Waals surface area contributed by atoms with Crippen molar-refractivity contribution in [3.63, 3.8) is 0 Å². The van der Waals surface area contributed by atoms with E-state index in [4.69, 9.17) is 23.2 Å². The molecule has 92 valence electrons. The zero-order chi connectivity index (χ0) is 13.1. The minimum Gasteiger partial charge on any atom is -0.506 e. The van der Waals surface area contributed by atoms with Gasteiger partial charge in [0.15, 0.2) is 0 Å². The molecule has 2 rings (SSSR count). The summed E-state index contributed by atoms with van der Waals surface area (Å²) in [6.45, 7) is 0. The van der Waals surface area contributed by atoms with Crippen molar-refractivity contribution in [1.29, 1.82) is 0 Å². The van der Waals surface area contributed by atoms with Gasteiger partial charge < -0.3 is 10.4 Å². The van der Waals surface area contributed by atoms with Gasteiger partial charge in [-0.05, 0) is 24.3 Å². The van der Waals surface area contributed by atoms with Crippen LogP contribution in [0.1, 0.15) is 10.4 Å². The summed E-state index contributed by atoms with van der Waals surface area (Å²) in [5, 5.41) is 12.7. The maximum Gasteiger partial charge on any atom is 0.257 e. The van der Waals surface area contributed by atoms with Gasteiger partial charge in [0.2, 0.25) is 0 Å². The lowest BCUT2D eigenvalue weighted by Gasteiger charge is -2.06. The minimum absolute atomic E-state index is 0.0771. The van der Waals surface area contributed by atoms with Crippen LogP contribution >= 0.6 is 23.2 Å². The van der Waals surface area contributed by atoms with Gasteiger partial charge in [-0.15, -0.1) is 0 Å². The molecule has 2 aromatic rings. The third-order valence-corrected chi connectivity index (χ3v) is 2.54. The van der Waals surface area contributed by atoms with Gasteiger partial charge in [0, 0.05) is 21.9 Å². The summed E-state index contributed by atoms with van der Waals surface area (Å²) >= 11 is 11.6. The van der Waals surface area contributed by atoms with E-state index in [1.807, 2.05) is 0 Å². The van der Waals surface area contributed by atoms with Gasteiger partial charge in [-0.3, -0.25) is 9.78 Å². The average Bonchev–Trinajstić information content (AvgIpc) is 2.27. The number of benzene rings is 1. The lowest BCUT2D eigenvalue weighted by Crippen LogP contribution is -2.12. The number of nitrogens with one attached hydrogen (secondary N) is 1. The second-order valence-corrected chi connectivity index (χ2v) is 4.42. The van der Waals surface area contributed by atoms with E-state index in [1.165, 1.54) is 18.5 Å². The predicted octanol–water partition coefficient (Wildman–Crippen LogP) is 3.35. The van der Waals surface area contributed by atoms with Crippen molar-refractivity contribution in [2.45, 2.75) is 0 Å². The maximum absolute atomic E-state index is 11.8. The zero-order valence-corrected chi connectivity index (χ0v) is 10.5. The molecule has 0 bridgehead atoms. The average molecular weight is 283 g/mol. The molecule has 2 N–H and O–H groups in total. The molecule has 1 aromatic heterocycles. The first-order valence-corrected chi connectivity index (χ1v) is 5.71. The van der Waals surface area contributed by atoms with Gasteiger partial charge in [0.25, 0.3) is 5.91 Å². The fraction of sp³-hybridized carbons (Fsp3) is 0. The van der Waals surface area contributed by atoms with E-state index < -0.39 is 5.91 Å². The highest BCUT2D eigenvalue weighted by atomic mass is 35.5. The van der Waals surface area contributed by atoms with Crippen LogP contribution in [0.4, 0.5) is 5.69 Å². The summed E-state index contributed by atoms with van der Waals surface area (Å²) in [5.41, 5.74) is 0.715. The number of nitrogens with zero attached hydrogens (tertiary/aromatic N) is 1. The first-order chi connectivity index (χ1) is 8.54. The van der Waals surface area contributed by atoms with Crippen LogP contribution in [0.15, 0.2) is 36.7 Å². The summed E-state index contributed by atoms with van der Waals surface area (Å²) < 4.78 is 0. The molecule has 0 saturated heterocycles. The number of carbonyl (C=O) groups is 1. The molecule has 1 amide bonds. The summed E-state index contributed by atoms with van der Waals surface area (Å²) in [5.74, 6) is -0.483. The number of amides is 1. The summed E-state index contributed by atoms with van der Waals surface area (Å²) in [4.78, 5) is 15.6. The van der Waals surface area contributed by atoms with Crippen LogP contribution in [0.2, 0.25) is 10.0 Å². The van der Waals surface area contributed by atoms with Crippen molar-refractivity contribution < 1.29 is 9.90 Å². The summed E-state index contributed by atoms with van der Waals surface area (Å²) in [7, 11) is 0. The third-order valence-electron chi connectivity index (χ3n) is 2.11. The molecule has 1 heterocycles. The lowest BCUT2D eigenvalue weighted by atomic mass is 10.2. The molecule has 4 nitrogen and oxygen atoms in total. The first-order valence-electron chi connectivity index (χ1n) is 4.96. The quantitative estimate of drug-likeness (QED) is 0.888. The van der Waals surface area contributed by atoms with Crippen molar-refractivity contribution in [1.82, 2.24) is 4.98 Å². The number of halogens is 2. The maximum atomic E-state index is 11.8. The molecule has 0 fully saturated rings. The molecule has 0 spiro atoms. The third kappa shape index (κ3) is 3.12. The minimum atomic E-state index is -0.406. The number of rotatable bonds is 2. The van der Waals surface area contributed by atoms with E-state index in [0.29, 0.717) is 15.7 Å². The van der Waals surface area contributed by atoms with Crippen molar-refractivity contribution in [2.24, 2.45) is 0 Å². The van der Waals surface area contributed by atoms with E-state index in [0.717, 1.165) is 0 Å². The van der Waals surface area contributed by atoms with E-state index in [2.05, 4.69) is 10.3 Å². The van der Waals surface area contributed by atoms with Gasteiger partial charge in [-0.1, -0.05) is 23.2 Å². The molecule has 18 heavy (non-hydrogen) atoms. The Labute approximate surface area is 113 Å². The highest BCUT2D eigenvalue weighted by Gasteiger charge is 2.08. The Balaban J connectivity index is 2.21. The molecule has 0 saturated carbocycles. The molecule has 0 unspecified atom stereocenters. The molecule has 6 heteroatoms. The molecule has 1 aromatic carbocycles. The van der Waals surface area contributed by atoms with E-state index >= 15 is 0 Å². The Morgan fingerprint density at radius 1 is 1.11 bits per heavy atom. The van der Waals surface area contributed by atoms with Crippen LogP contribution in [0.25, 0.3) is 0 Å². The number of pyridine rings is 1. The highest BCUT2D eigenvalue weighted by Crippen LogP contribution is 2.23. The van der Waals surface area contributed by atoms with Gasteiger partial charge in [0.1, 0.15) is 5.75 Å². The summed E-state index contributed by atoms with van der Waals surface area (Å²) in [6, 6.07) is 6.02. The van der Waals surface area contributed by atoms with Crippen molar-refractivity contribution in [3.05, 3.63) is 52.3 Å². The number of aromatic nitrogens is 1. The smallest absolute Gasteiger partial charge is 0.257 e. The molecule has 0 aliphatic carbocycles. The largest absolute Gasteiger partial charge is 0.506 e. The Hall–Kier alpha value is -1.78. The fourth-order valence-corrected chi connectivity index (χ4v) is 1.91. The van der Waals surface area contributed by atoms with Crippen LogP contribution in [0, 0.1) is 0 Å². The number of carbonyl (C=O) groups excluding carboxylic acids is 1. The van der Waals surface area contributed by atoms with Gasteiger partial charge in [-0.25, -0.2) is 0 Å². The fourth-order valence-electron chi connectivity index (χ4n) is 1.38. The topological polar surface area (TPSA) is 62.2 Å². The van der Waals surface area contributed by atoms with Crippen molar-refractivity contribution in [2.75, 3.05) is 5.32 Å². The standard InChI is InChI=1S/C12H8Cl2N2O2/c13-8-2-9(14)4-10(3-8)16-12(18)7-1-11(17)6-15-5-7/h1-6,17H,(H,16,18). The van der Waals surface area contributed by atoms with Crippen LogP contribution in [-0.2, 0) is 0 Å². The molecular formula is C12H8Cl2N2O2. The number of anilines is 1. The van der Waals surface area contributed by atoms with Crippen LogP contribution < -0.4 is 5.32 Å². The Morgan fingerprint density at radius 3 is 2.39 bits per heavy atom. The SMILES string of the molecule is O=C(Nc1cc(Cl)cc(Cl)c1)c1cncc(O)c1. The highest BCUT2D eigenvalue weighted by molar-refractivity contribution is 6.35. The van der Waals surface area contributed by atoms with Gasteiger partial charge in [0.05, 0.1) is 11.8 Å². The lowest BCUT2D eigenvalue weighted by molar-refractivity contribution is 0.102. The van der Waals surface area contributed by atoms with E-state index in [-0.39, 0.29) is 11.3 Å². The van der Waals surface area contributed by atoms with E-state index in [9.17, 15) is 9.90 Å². The first kappa shape index (κ1) is 12.7. The number of aromatic hydroxyl groups is 1. The Kier molecular flexibility index (Phi) is 3.69. The van der Waals surface area contributed by atoms with Crippen molar-refractivity contribution >= 4 is 34.8 Å². The molecule has 0 aliphatic rings. The molecule has 0 atom stereocenters.